The average molecular weight is 178 g/mol. The van der Waals surface area contributed by atoms with Gasteiger partial charge in [0.2, 0.25) is 0 Å². The zero-order chi connectivity index (χ0) is 9.68. The minimum absolute atomic E-state index is 0.110. The first-order valence-electron chi connectivity index (χ1n) is 4.33. The predicted octanol–water partition coefficient (Wildman–Crippen LogP) is 2.08. The number of hydrogen-bond donors (Lipinski definition) is 0. The Bertz CT molecular complexity index is 275. The van der Waals surface area contributed by atoms with Crippen LogP contribution in [0.25, 0.3) is 0 Å². The van der Waals surface area contributed by atoms with Gasteiger partial charge in [0.1, 0.15) is 0 Å². The van der Waals surface area contributed by atoms with E-state index in [-0.39, 0.29) is 5.78 Å². The second-order valence-corrected chi connectivity index (χ2v) is 3.00. The number of benzene rings is 1. The Morgan fingerprint density at radius 3 is 2.38 bits per heavy atom. The van der Waals surface area contributed by atoms with Gasteiger partial charge in [0, 0.05) is 12.7 Å². The lowest BCUT2D eigenvalue weighted by Crippen LogP contribution is -1.96. The molecule has 0 unspecified atom stereocenters. The smallest absolute Gasteiger partial charge is 0.159 e. The molecule has 1 aromatic rings. The Morgan fingerprint density at radius 1 is 1.31 bits per heavy atom. The summed E-state index contributed by atoms with van der Waals surface area (Å²) in [6, 6.07) is 7.64. The van der Waals surface area contributed by atoms with Gasteiger partial charge < -0.3 is 4.74 Å². The monoisotopic (exact) mass is 178 g/mol. The van der Waals surface area contributed by atoms with Crippen molar-refractivity contribution in [1.82, 2.24) is 0 Å². The quantitative estimate of drug-likeness (QED) is 0.660. The molecule has 0 spiro atoms. The highest BCUT2D eigenvalue weighted by Gasteiger charge is 1.98. The van der Waals surface area contributed by atoms with E-state index in [0.29, 0.717) is 0 Å². The number of ketones is 1. The van der Waals surface area contributed by atoms with Crippen LogP contribution in [0, 0.1) is 0 Å². The molecular formula is C11H14O2. The van der Waals surface area contributed by atoms with Crippen molar-refractivity contribution in [3.8, 4) is 0 Å². The molecular weight excluding hydrogens is 164 g/mol. The van der Waals surface area contributed by atoms with Gasteiger partial charge in [-0.2, -0.15) is 0 Å². The molecule has 0 N–H and O–H groups in total. The number of carbonyl (C=O) groups excluding carboxylic acids is 1. The zero-order valence-electron chi connectivity index (χ0n) is 8.04. The third-order valence-electron chi connectivity index (χ3n) is 1.96. The van der Waals surface area contributed by atoms with Crippen molar-refractivity contribution in [2.75, 3.05) is 13.7 Å². The van der Waals surface area contributed by atoms with Gasteiger partial charge in [-0.05, 0) is 18.9 Å². The molecule has 1 aromatic carbocycles. The van der Waals surface area contributed by atoms with E-state index in [9.17, 15) is 4.79 Å². The molecule has 1 rings (SSSR count). The number of Topliss-reactive ketones (excluding diaryl/α,β-unsaturated/α-hetero) is 1. The van der Waals surface area contributed by atoms with Crippen LogP contribution in [0.15, 0.2) is 24.3 Å². The molecule has 13 heavy (non-hydrogen) atoms. The summed E-state index contributed by atoms with van der Waals surface area (Å²) in [6.45, 7) is 2.30. The van der Waals surface area contributed by atoms with Crippen molar-refractivity contribution < 1.29 is 9.53 Å². The van der Waals surface area contributed by atoms with Crippen molar-refractivity contribution >= 4 is 5.78 Å². The zero-order valence-corrected chi connectivity index (χ0v) is 8.04. The molecule has 0 radical (unpaired) electrons. The topological polar surface area (TPSA) is 26.3 Å². The fourth-order valence-corrected chi connectivity index (χ4v) is 1.13. The van der Waals surface area contributed by atoms with Crippen molar-refractivity contribution in [1.29, 1.82) is 0 Å². The summed E-state index contributed by atoms with van der Waals surface area (Å²) in [5, 5.41) is 0. The lowest BCUT2D eigenvalue weighted by Gasteiger charge is -2.00. The SMILES string of the molecule is COCCc1ccc(C(C)=O)cc1. The maximum absolute atomic E-state index is 10.9. The summed E-state index contributed by atoms with van der Waals surface area (Å²) in [5.74, 6) is 0.110. The normalized spacial score (nSPS) is 10.0. The Balaban J connectivity index is 2.64. The van der Waals surface area contributed by atoms with E-state index in [1.54, 1.807) is 14.0 Å². The second-order valence-electron chi connectivity index (χ2n) is 3.00. The van der Waals surface area contributed by atoms with Crippen molar-refractivity contribution in [2.45, 2.75) is 13.3 Å². The fraction of sp³-hybridized carbons (Fsp3) is 0.364. The largest absolute Gasteiger partial charge is 0.384 e. The van der Waals surface area contributed by atoms with Crippen molar-refractivity contribution in [3.05, 3.63) is 35.4 Å². The molecule has 2 nitrogen and oxygen atoms in total. The van der Waals surface area contributed by atoms with E-state index >= 15 is 0 Å². The highest BCUT2D eigenvalue weighted by molar-refractivity contribution is 5.93. The third kappa shape index (κ3) is 2.99. The van der Waals surface area contributed by atoms with Crippen molar-refractivity contribution in [3.63, 3.8) is 0 Å². The second kappa shape index (κ2) is 4.77. The molecule has 2 heteroatoms. The van der Waals surface area contributed by atoms with Crippen LogP contribution in [0.3, 0.4) is 0 Å². The van der Waals surface area contributed by atoms with Gasteiger partial charge in [-0.1, -0.05) is 24.3 Å². The molecule has 0 saturated carbocycles. The molecule has 0 amide bonds. The molecule has 0 bridgehead atoms. The van der Waals surface area contributed by atoms with E-state index in [1.807, 2.05) is 24.3 Å². The molecule has 0 saturated heterocycles. The first-order chi connectivity index (χ1) is 6.24. The van der Waals surface area contributed by atoms with Gasteiger partial charge in [0.05, 0.1) is 6.61 Å². The lowest BCUT2D eigenvalue weighted by molar-refractivity contribution is 0.101. The van der Waals surface area contributed by atoms with Gasteiger partial charge in [0.15, 0.2) is 5.78 Å². The summed E-state index contributed by atoms with van der Waals surface area (Å²) in [6.07, 6.45) is 0.898. The first kappa shape index (κ1) is 9.93. The minimum Gasteiger partial charge on any atom is -0.384 e. The Labute approximate surface area is 78.5 Å². The number of hydrogen-bond acceptors (Lipinski definition) is 2. The minimum atomic E-state index is 0.110. The van der Waals surface area contributed by atoms with Crippen LogP contribution in [0.4, 0.5) is 0 Å². The van der Waals surface area contributed by atoms with Crippen LogP contribution >= 0.6 is 0 Å². The Hall–Kier alpha value is -1.15. The fourth-order valence-electron chi connectivity index (χ4n) is 1.13. The number of methoxy groups -OCH3 is 1. The van der Waals surface area contributed by atoms with Gasteiger partial charge in [-0.25, -0.2) is 0 Å². The Morgan fingerprint density at radius 2 is 1.92 bits per heavy atom. The molecule has 0 heterocycles. The van der Waals surface area contributed by atoms with Gasteiger partial charge in [0.25, 0.3) is 0 Å². The molecule has 0 aliphatic heterocycles. The molecule has 0 aromatic heterocycles. The number of carbonyl (C=O) groups is 1. The van der Waals surface area contributed by atoms with Crippen LogP contribution in [0.1, 0.15) is 22.8 Å². The highest BCUT2D eigenvalue weighted by atomic mass is 16.5. The first-order valence-corrected chi connectivity index (χ1v) is 4.33. The number of rotatable bonds is 4. The summed E-state index contributed by atoms with van der Waals surface area (Å²) in [7, 11) is 1.68. The summed E-state index contributed by atoms with van der Waals surface area (Å²) < 4.78 is 4.96. The maximum atomic E-state index is 10.9. The van der Waals surface area contributed by atoms with E-state index < -0.39 is 0 Å². The molecule has 0 aliphatic carbocycles. The van der Waals surface area contributed by atoms with Crippen molar-refractivity contribution in [2.24, 2.45) is 0 Å². The number of ether oxygens (including phenoxy) is 1. The highest BCUT2D eigenvalue weighted by Crippen LogP contribution is 2.05. The van der Waals surface area contributed by atoms with E-state index in [4.69, 9.17) is 4.74 Å². The molecule has 0 atom stereocenters. The van der Waals surface area contributed by atoms with Crippen LogP contribution in [0.2, 0.25) is 0 Å². The van der Waals surface area contributed by atoms with Crippen LogP contribution < -0.4 is 0 Å². The lowest BCUT2D eigenvalue weighted by atomic mass is 10.1. The van der Waals surface area contributed by atoms with E-state index in [2.05, 4.69) is 0 Å². The summed E-state index contributed by atoms with van der Waals surface area (Å²) in [4.78, 5) is 10.9. The maximum Gasteiger partial charge on any atom is 0.159 e. The molecule has 0 fully saturated rings. The van der Waals surface area contributed by atoms with Gasteiger partial charge in [-0.3, -0.25) is 4.79 Å². The van der Waals surface area contributed by atoms with Crippen LogP contribution in [-0.4, -0.2) is 19.5 Å². The predicted molar refractivity (Wildman–Crippen MR) is 52.0 cm³/mol. The van der Waals surface area contributed by atoms with Gasteiger partial charge >= 0.3 is 0 Å². The van der Waals surface area contributed by atoms with Gasteiger partial charge in [-0.15, -0.1) is 0 Å². The van der Waals surface area contributed by atoms with Crippen LogP contribution in [-0.2, 0) is 11.2 Å². The average Bonchev–Trinajstić information content (AvgIpc) is 2.15. The molecule has 0 aliphatic rings. The third-order valence-corrected chi connectivity index (χ3v) is 1.96. The summed E-state index contributed by atoms with van der Waals surface area (Å²) >= 11 is 0. The molecule has 70 valence electrons. The van der Waals surface area contributed by atoms with E-state index in [0.717, 1.165) is 18.6 Å². The standard InChI is InChI=1S/C11H14O2/c1-9(12)11-5-3-10(4-6-11)7-8-13-2/h3-6H,7-8H2,1-2H3. The summed E-state index contributed by atoms with van der Waals surface area (Å²) in [5.41, 5.74) is 1.97. The van der Waals surface area contributed by atoms with E-state index in [1.165, 1.54) is 5.56 Å². The Kier molecular flexibility index (Phi) is 3.65. The van der Waals surface area contributed by atoms with Crippen LogP contribution in [0.5, 0.6) is 0 Å².